The van der Waals surface area contributed by atoms with Gasteiger partial charge in [0.05, 0.1) is 0 Å². The molecule has 0 amide bonds. The molecule has 8 heteroatoms. The van der Waals surface area contributed by atoms with Crippen molar-refractivity contribution in [3.63, 3.8) is 0 Å². The monoisotopic (exact) mass is 536 g/mol. The van der Waals surface area contributed by atoms with Crippen LogP contribution < -0.4 is 0 Å². The SMILES string of the molecule is CCCCO[Si](CCC(CCC)[Si](OCCC)(OCCC)OCCC)(OCCCC)OCCCC. The Hall–Kier alpha value is 0.194. The second-order valence-electron chi connectivity index (χ2n) is 9.46. The molecule has 35 heavy (non-hydrogen) atoms. The van der Waals surface area contributed by atoms with Gasteiger partial charge in [-0.1, -0.05) is 74.1 Å². The number of hydrogen-bond donors (Lipinski definition) is 0. The Kier molecular flexibility index (Phi) is 23.4. The highest BCUT2D eigenvalue weighted by Gasteiger charge is 2.51. The van der Waals surface area contributed by atoms with Crippen LogP contribution in [0.25, 0.3) is 0 Å². The number of hydrogen-bond acceptors (Lipinski definition) is 6. The molecule has 0 aliphatic heterocycles. The molecule has 0 saturated carbocycles. The van der Waals surface area contributed by atoms with E-state index in [9.17, 15) is 0 Å². The van der Waals surface area contributed by atoms with Crippen molar-refractivity contribution in [2.45, 2.75) is 137 Å². The first kappa shape index (κ1) is 35.2. The van der Waals surface area contributed by atoms with Crippen molar-refractivity contribution in [3.8, 4) is 0 Å². The lowest BCUT2D eigenvalue weighted by molar-refractivity contribution is 0.0428. The maximum Gasteiger partial charge on any atom is 0.504 e. The van der Waals surface area contributed by atoms with Gasteiger partial charge in [-0.3, -0.25) is 0 Å². The molecule has 0 saturated heterocycles. The fourth-order valence-electron chi connectivity index (χ4n) is 3.87. The topological polar surface area (TPSA) is 55.4 Å². The minimum atomic E-state index is -2.87. The molecule has 0 aliphatic rings. The number of unbranched alkanes of at least 4 members (excludes halogenated alkanes) is 3. The largest absolute Gasteiger partial charge is 0.504 e. The highest BCUT2D eigenvalue weighted by molar-refractivity contribution is 6.63. The van der Waals surface area contributed by atoms with Crippen LogP contribution in [0.5, 0.6) is 0 Å². The maximum atomic E-state index is 6.55. The van der Waals surface area contributed by atoms with Gasteiger partial charge in [0.1, 0.15) is 0 Å². The van der Waals surface area contributed by atoms with Crippen molar-refractivity contribution >= 4 is 17.6 Å². The molecular formula is C27H60O6Si2. The number of rotatable bonds is 27. The summed E-state index contributed by atoms with van der Waals surface area (Å²) >= 11 is 0. The molecule has 1 atom stereocenters. The Morgan fingerprint density at radius 2 is 0.829 bits per heavy atom. The van der Waals surface area contributed by atoms with Gasteiger partial charge in [-0.25, -0.2) is 0 Å². The second-order valence-corrected chi connectivity index (χ2v) is 15.1. The van der Waals surface area contributed by atoms with E-state index in [-0.39, 0.29) is 5.54 Å². The van der Waals surface area contributed by atoms with Crippen LogP contribution in [0.15, 0.2) is 0 Å². The Morgan fingerprint density at radius 3 is 1.14 bits per heavy atom. The van der Waals surface area contributed by atoms with E-state index in [1.165, 1.54) is 0 Å². The summed E-state index contributed by atoms with van der Waals surface area (Å²) in [5.74, 6) is 0. The third-order valence-corrected chi connectivity index (χ3v) is 12.1. The minimum Gasteiger partial charge on any atom is -0.373 e. The van der Waals surface area contributed by atoms with Crippen LogP contribution in [0.2, 0.25) is 11.6 Å². The fourth-order valence-corrected chi connectivity index (χ4v) is 10.5. The van der Waals surface area contributed by atoms with Crippen LogP contribution in [0.1, 0.15) is 126 Å². The van der Waals surface area contributed by atoms with E-state index in [0.717, 1.165) is 83.1 Å². The first-order valence-corrected chi connectivity index (χ1v) is 18.6. The summed E-state index contributed by atoms with van der Waals surface area (Å²) in [6.45, 7) is 19.4. The standard InChI is InChI=1S/C27H60O6Si2/c1-8-15-23-28-34(29-24-16-9-2,30-25-17-10-3)26-19-27(18-11-4)35(31-20-12-5,32-21-13-6)33-22-14-7/h27H,8-26H2,1-7H3. The van der Waals surface area contributed by atoms with E-state index in [1.807, 2.05) is 0 Å². The molecule has 0 N–H and O–H groups in total. The Morgan fingerprint density at radius 1 is 0.429 bits per heavy atom. The molecule has 0 aromatic carbocycles. The molecule has 0 aliphatic carbocycles. The third-order valence-electron chi connectivity index (χ3n) is 5.92. The van der Waals surface area contributed by atoms with E-state index >= 15 is 0 Å². The molecule has 6 nitrogen and oxygen atoms in total. The highest BCUT2D eigenvalue weighted by atomic mass is 28.4. The molecule has 0 fully saturated rings. The fraction of sp³-hybridized carbons (Fsp3) is 1.00. The van der Waals surface area contributed by atoms with Gasteiger partial charge < -0.3 is 26.6 Å². The summed E-state index contributed by atoms with van der Waals surface area (Å²) in [6, 6.07) is 0.796. The van der Waals surface area contributed by atoms with E-state index in [1.54, 1.807) is 0 Å². The maximum absolute atomic E-state index is 6.55. The average molecular weight is 537 g/mol. The smallest absolute Gasteiger partial charge is 0.373 e. The summed E-state index contributed by atoms with van der Waals surface area (Å²) in [5, 5.41) is 0. The Bertz CT molecular complexity index is 407. The lowest BCUT2D eigenvalue weighted by Crippen LogP contribution is -2.52. The first-order chi connectivity index (χ1) is 17.0. The molecule has 0 aromatic rings. The zero-order valence-electron chi connectivity index (χ0n) is 24.5. The second kappa shape index (κ2) is 23.3. The predicted octanol–water partition coefficient (Wildman–Crippen LogP) is 8.15. The van der Waals surface area contributed by atoms with Crippen LogP contribution >= 0.6 is 0 Å². The van der Waals surface area contributed by atoms with Crippen LogP contribution in [0.4, 0.5) is 0 Å². The predicted molar refractivity (Wildman–Crippen MR) is 151 cm³/mol. The molecule has 1 unspecified atom stereocenters. The summed E-state index contributed by atoms with van der Waals surface area (Å²) in [7, 11) is -5.68. The van der Waals surface area contributed by atoms with Gasteiger partial charge >= 0.3 is 17.6 Å². The van der Waals surface area contributed by atoms with Gasteiger partial charge in [-0.2, -0.15) is 0 Å². The lowest BCUT2D eigenvalue weighted by Gasteiger charge is -2.38. The molecule has 0 heterocycles. The zero-order valence-corrected chi connectivity index (χ0v) is 26.5. The minimum absolute atomic E-state index is 0.225. The highest BCUT2D eigenvalue weighted by Crippen LogP contribution is 2.37. The molecule has 212 valence electrons. The Labute approximate surface area is 220 Å². The molecular weight excluding hydrogens is 476 g/mol. The molecule has 0 spiro atoms. The van der Waals surface area contributed by atoms with Crippen molar-refractivity contribution in [2.75, 3.05) is 39.6 Å². The van der Waals surface area contributed by atoms with Gasteiger partial charge in [0.2, 0.25) is 0 Å². The van der Waals surface area contributed by atoms with Crippen molar-refractivity contribution in [1.82, 2.24) is 0 Å². The van der Waals surface area contributed by atoms with E-state index in [0.29, 0.717) is 39.6 Å². The van der Waals surface area contributed by atoms with Crippen LogP contribution in [0, 0.1) is 0 Å². The van der Waals surface area contributed by atoms with Crippen molar-refractivity contribution in [1.29, 1.82) is 0 Å². The quantitative estimate of drug-likeness (QED) is 0.0779. The Balaban J connectivity index is 5.91. The van der Waals surface area contributed by atoms with Gasteiger partial charge in [0.25, 0.3) is 0 Å². The van der Waals surface area contributed by atoms with Crippen molar-refractivity contribution in [2.24, 2.45) is 0 Å². The van der Waals surface area contributed by atoms with Gasteiger partial charge in [-0.15, -0.1) is 0 Å². The lowest BCUT2D eigenvalue weighted by atomic mass is 10.2. The average Bonchev–Trinajstić information content (AvgIpc) is 2.87. The third kappa shape index (κ3) is 15.3. The van der Waals surface area contributed by atoms with Crippen LogP contribution in [-0.4, -0.2) is 57.3 Å². The first-order valence-electron chi connectivity index (χ1n) is 14.9. The molecule has 0 radical (unpaired) electrons. The molecule has 0 rings (SSSR count). The van der Waals surface area contributed by atoms with Crippen LogP contribution in [0.3, 0.4) is 0 Å². The van der Waals surface area contributed by atoms with Crippen molar-refractivity contribution < 1.29 is 26.6 Å². The zero-order chi connectivity index (χ0) is 26.3. The van der Waals surface area contributed by atoms with Crippen molar-refractivity contribution in [3.05, 3.63) is 0 Å². The molecule has 0 aromatic heterocycles. The normalized spacial score (nSPS) is 13.5. The summed E-state index contributed by atoms with van der Waals surface area (Å²) in [6.07, 6.45) is 12.2. The van der Waals surface area contributed by atoms with Gasteiger partial charge in [-0.05, 0) is 51.4 Å². The molecule has 0 bridgehead atoms. The summed E-state index contributed by atoms with van der Waals surface area (Å²) in [5.41, 5.74) is 0.225. The van der Waals surface area contributed by atoms with E-state index in [2.05, 4.69) is 48.5 Å². The van der Waals surface area contributed by atoms with Gasteiger partial charge in [0.15, 0.2) is 0 Å². The van der Waals surface area contributed by atoms with Crippen LogP contribution in [-0.2, 0) is 26.6 Å². The van der Waals surface area contributed by atoms with E-state index < -0.39 is 17.6 Å². The van der Waals surface area contributed by atoms with Gasteiger partial charge in [0, 0.05) is 51.2 Å². The summed E-state index contributed by atoms with van der Waals surface area (Å²) in [4.78, 5) is 0. The summed E-state index contributed by atoms with van der Waals surface area (Å²) < 4.78 is 39.2. The van der Waals surface area contributed by atoms with E-state index in [4.69, 9.17) is 26.6 Å².